The van der Waals surface area contributed by atoms with E-state index < -0.39 is 0 Å². The number of anilines is 1. The maximum absolute atomic E-state index is 5.94. The van der Waals surface area contributed by atoms with Crippen molar-refractivity contribution < 1.29 is 9.47 Å². The number of nitrogens with zero attached hydrogens (tertiary/aromatic N) is 4. The van der Waals surface area contributed by atoms with E-state index in [4.69, 9.17) is 21.1 Å². The summed E-state index contributed by atoms with van der Waals surface area (Å²) in [5.74, 6) is 0.579. The number of fused-ring (bicyclic) bond motifs is 2. The number of rotatable bonds is 3. The third kappa shape index (κ3) is 2.90. The van der Waals surface area contributed by atoms with E-state index in [1.54, 1.807) is 0 Å². The van der Waals surface area contributed by atoms with Crippen LogP contribution in [0.15, 0.2) is 0 Å². The molecule has 1 aromatic rings. The summed E-state index contributed by atoms with van der Waals surface area (Å²) in [6.45, 7) is 5.45. The Kier molecular flexibility index (Phi) is 3.45. The second-order valence-corrected chi connectivity index (χ2v) is 5.55. The van der Waals surface area contributed by atoms with Crippen molar-refractivity contribution in [3.05, 3.63) is 5.28 Å². The molecular weight excluding hydrogens is 268 g/mol. The molecule has 2 bridgehead atoms. The summed E-state index contributed by atoms with van der Waals surface area (Å²) in [6, 6.07) is 0.281. The number of ether oxygens (including phenoxy) is 2. The van der Waals surface area contributed by atoms with Gasteiger partial charge in [-0.25, -0.2) is 0 Å². The van der Waals surface area contributed by atoms with Gasteiger partial charge in [0.25, 0.3) is 0 Å². The molecule has 2 aliphatic heterocycles. The maximum atomic E-state index is 5.94. The Morgan fingerprint density at radius 3 is 2.53 bits per heavy atom. The number of hydrogen-bond donors (Lipinski definition) is 0. The zero-order valence-electron chi connectivity index (χ0n) is 11.0. The molecule has 0 spiro atoms. The second-order valence-electron chi connectivity index (χ2n) is 5.22. The van der Waals surface area contributed by atoms with Crippen LogP contribution in [0.4, 0.5) is 5.95 Å². The molecule has 2 saturated heterocycles. The number of halogens is 1. The summed E-state index contributed by atoms with van der Waals surface area (Å²) in [5.41, 5.74) is 0. The highest BCUT2D eigenvalue weighted by Crippen LogP contribution is 2.28. The van der Waals surface area contributed by atoms with E-state index in [2.05, 4.69) is 19.9 Å². The van der Waals surface area contributed by atoms with Gasteiger partial charge in [0.1, 0.15) is 0 Å². The topological polar surface area (TPSA) is 60.4 Å². The zero-order valence-corrected chi connectivity index (χ0v) is 11.8. The molecule has 0 amide bonds. The Labute approximate surface area is 117 Å². The van der Waals surface area contributed by atoms with Gasteiger partial charge in [-0.15, -0.1) is 0 Å². The lowest BCUT2D eigenvalue weighted by Gasteiger charge is -2.32. The van der Waals surface area contributed by atoms with Gasteiger partial charge in [-0.05, 0) is 38.3 Å². The standard InChI is InChI=1S/C12H17ClN4O2/c1-7(2)18-12-15-10(13)14-11(16-12)17-5-8-3-4-9(6-17)19-8/h7-9H,3-6H2,1-2H3. The summed E-state index contributed by atoms with van der Waals surface area (Å²) < 4.78 is 11.3. The van der Waals surface area contributed by atoms with Gasteiger partial charge in [0.05, 0.1) is 18.3 Å². The van der Waals surface area contributed by atoms with Crippen LogP contribution in [0, 0.1) is 0 Å². The summed E-state index contributed by atoms with van der Waals surface area (Å²) >= 11 is 5.94. The van der Waals surface area contributed by atoms with Gasteiger partial charge in [-0.2, -0.15) is 15.0 Å². The van der Waals surface area contributed by atoms with Gasteiger partial charge >= 0.3 is 6.01 Å². The van der Waals surface area contributed by atoms with Crippen molar-refractivity contribution >= 4 is 17.5 Å². The Balaban J connectivity index is 1.81. The minimum Gasteiger partial charge on any atom is -0.461 e. The molecule has 2 aliphatic rings. The smallest absolute Gasteiger partial charge is 0.322 e. The van der Waals surface area contributed by atoms with Gasteiger partial charge in [-0.3, -0.25) is 0 Å². The zero-order chi connectivity index (χ0) is 13.4. The van der Waals surface area contributed by atoms with Crippen LogP contribution in [0.2, 0.25) is 5.28 Å². The van der Waals surface area contributed by atoms with Crippen LogP contribution in [0.25, 0.3) is 0 Å². The predicted octanol–water partition coefficient (Wildman–Crippen LogP) is 1.68. The minimum atomic E-state index is 0.00665. The molecule has 0 aromatic carbocycles. The van der Waals surface area contributed by atoms with E-state index in [0.29, 0.717) is 5.95 Å². The molecule has 2 fully saturated rings. The van der Waals surface area contributed by atoms with E-state index >= 15 is 0 Å². The van der Waals surface area contributed by atoms with E-state index in [1.807, 2.05) is 13.8 Å². The molecule has 0 radical (unpaired) electrons. The quantitative estimate of drug-likeness (QED) is 0.842. The first-order valence-corrected chi connectivity index (χ1v) is 6.96. The first-order chi connectivity index (χ1) is 9.10. The highest BCUT2D eigenvalue weighted by molar-refractivity contribution is 6.28. The Bertz CT molecular complexity index is 459. The van der Waals surface area contributed by atoms with E-state index in [-0.39, 0.29) is 29.6 Å². The third-order valence-electron chi connectivity index (χ3n) is 3.24. The Morgan fingerprint density at radius 2 is 1.89 bits per heavy atom. The predicted molar refractivity (Wildman–Crippen MR) is 70.7 cm³/mol. The van der Waals surface area contributed by atoms with Crippen LogP contribution in [0.5, 0.6) is 6.01 Å². The monoisotopic (exact) mass is 284 g/mol. The van der Waals surface area contributed by atoms with Gasteiger partial charge in [0, 0.05) is 13.1 Å². The molecule has 2 atom stereocenters. The number of morpholine rings is 1. The molecule has 7 heteroatoms. The van der Waals surface area contributed by atoms with Crippen molar-refractivity contribution in [3.8, 4) is 6.01 Å². The van der Waals surface area contributed by atoms with Crippen molar-refractivity contribution in [2.45, 2.75) is 45.0 Å². The number of aromatic nitrogens is 3. The molecule has 3 rings (SSSR count). The van der Waals surface area contributed by atoms with Crippen molar-refractivity contribution in [1.29, 1.82) is 0 Å². The van der Waals surface area contributed by atoms with Crippen molar-refractivity contribution in [2.75, 3.05) is 18.0 Å². The Morgan fingerprint density at radius 1 is 1.21 bits per heavy atom. The van der Waals surface area contributed by atoms with Crippen LogP contribution < -0.4 is 9.64 Å². The number of hydrogen-bond acceptors (Lipinski definition) is 6. The lowest BCUT2D eigenvalue weighted by Crippen LogP contribution is -2.43. The molecule has 0 aliphatic carbocycles. The highest BCUT2D eigenvalue weighted by Gasteiger charge is 2.35. The average molecular weight is 285 g/mol. The molecule has 3 heterocycles. The van der Waals surface area contributed by atoms with Gasteiger partial charge in [0.2, 0.25) is 11.2 Å². The van der Waals surface area contributed by atoms with E-state index in [9.17, 15) is 0 Å². The summed E-state index contributed by atoms with van der Waals surface area (Å²) in [6.07, 6.45) is 2.78. The van der Waals surface area contributed by atoms with E-state index in [1.165, 1.54) is 0 Å². The SMILES string of the molecule is CC(C)Oc1nc(Cl)nc(N2CC3CCC(C2)O3)n1. The second kappa shape index (κ2) is 5.09. The van der Waals surface area contributed by atoms with Crippen LogP contribution in [0.3, 0.4) is 0 Å². The molecule has 1 aromatic heterocycles. The molecule has 2 unspecified atom stereocenters. The van der Waals surface area contributed by atoms with Gasteiger partial charge in [0.15, 0.2) is 0 Å². The summed E-state index contributed by atoms with van der Waals surface area (Å²) in [4.78, 5) is 14.6. The van der Waals surface area contributed by atoms with Crippen LogP contribution in [0.1, 0.15) is 26.7 Å². The van der Waals surface area contributed by atoms with Crippen LogP contribution in [-0.2, 0) is 4.74 Å². The fraction of sp³-hybridized carbons (Fsp3) is 0.750. The first kappa shape index (κ1) is 12.9. The molecule has 19 heavy (non-hydrogen) atoms. The van der Waals surface area contributed by atoms with Crippen molar-refractivity contribution in [2.24, 2.45) is 0 Å². The first-order valence-electron chi connectivity index (χ1n) is 6.59. The lowest BCUT2D eigenvalue weighted by molar-refractivity contribution is 0.0298. The minimum absolute atomic E-state index is 0.00665. The molecule has 104 valence electrons. The largest absolute Gasteiger partial charge is 0.461 e. The van der Waals surface area contributed by atoms with E-state index in [0.717, 1.165) is 25.9 Å². The molecular formula is C12H17ClN4O2. The fourth-order valence-electron chi connectivity index (χ4n) is 2.51. The molecule has 6 nitrogen and oxygen atoms in total. The third-order valence-corrected chi connectivity index (χ3v) is 3.41. The summed E-state index contributed by atoms with van der Waals surface area (Å²) in [7, 11) is 0. The maximum Gasteiger partial charge on any atom is 0.322 e. The van der Waals surface area contributed by atoms with Crippen molar-refractivity contribution in [3.63, 3.8) is 0 Å². The lowest BCUT2D eigenvalue weighted by atomic mass is 10.2. The molecule has 0 N–H and O–H groups in total. The van der Waals surface area contributed by atoms with Gasteiger partial charge in [-0.1, -0.05) is 0 Å². The highest BCUT2D eigenvalue weighted by atomic mass is 35.5. The molecule has 0 saturated carbocycles. The van der Waals surface area contributed by atoms with Crippen LogP contribution in [-0.4, -0.2) is 46.4 Å². The van der Waals surface area contributed by atoms with Gasteiger partial charge < -0.3 is 14.4 Å². The fourth-order valence-corrected chi connectivity index (χ4v) is 2.65. The summed E-state index contributed by atoms with van der Waals surface area (Å²) in [5, 5.41) is 0.166. The van der Waals surface area contributed by atoms with Crippen LogP contribution >= 0.6 is 11.6 Å². The van der Waals surface area contributed by atoms with Crippen molar-refractivity contribution in [1.82, 2.24) is 15.0 Å². The normalized spacial score (nSPS) is 26.0. The average Bonchev–Trinajstić information content (AvgIpc) is 2.66. The Hall–Kier alpha value is -1.14.